The van der Waals surface area contributed by atoms with Gasteiger partial charge < -0.3 is 10.1 Å². The molecule has 2 atom stereocenters. The van der Waals surface area contributed by atoms with Gasteiger partial charge in [-0.05, 0) is 43.6 Å². The second kappa shape index (κ2) is 6.00. The minimum atomic E-state index is -4.31. The smallest absolute Gasteiger partial charge is 0.351 e. The van der Waals surface area contributed by atoms with E-state index in [1.165, 1.54) is 12.1 Å². The zero-order valence-electron chi connectivity index (χ0n) is 13.6. The van der Waals surface area contributed by atoms with Gasteiger partial charge >= 0.3 is 6.18 Å². The van der Waals surface area contributed by atoms with Gasteiger partial charge in [0.25, 0.3) is 0 Å². The molecule has 3 nitrogen and oxygen atoms in total. The zero-order chi connectivity index (χ0) is 16.8. The van der Waals surface area contributed by atoms with Gasteiger partial charge in [0.05, 0.1) is 5.56 Å². The summed E-state index contributed by atoms with van der Waals surface area (Å²) in [6.45, 7) is 2.79. The fourth-order valence-electron chi connectivity index (χ4n) is 4.57. The molecule has 0 aliphatic carbocycles. The first-order chi connectivity index (χ1) is 11.5. The van der Waals surface area contributed by atoms with Crippen molar-refractivity contribution in [1.82, 2.24) is 10.2 Å². The number of ether oxygens (including phenoxy) is 1. The molecule has 0 radical (unpaired) electrons. The summed E-state index contributed by atoms with van der Waals surface area (Å²) in [5.74, 6) is 0. The first kappa shape index (κ1) is 16.4. The summed E-state index contributed by atoms with van der Waals surface area (Å²) in [6.07, 6.45) is 0.491. The Kier molecular flexibility index (Phi) is 4.09. The molecule has 3 aliphatic rings. The van der Waals surface area contributed by atoms with Crippen molar-refractivity contribution >= 4 is 0 Å². The molecule has 132 valence electrons. The second-order valence-corrected chi connectivity index (χ2v) is 7.11. The Bertz CT molecular complexity index is 598. The lowest BCUT2D eigenvalue weighted by Gasteiger charge is -2.43. The third kappa shape index (κ3) is 2.74. The lowest BCUT2D eigenvalue weighted by Crippen LogP contribution is -2.55. The highest BCUT2D eigenvalue weighted by Gasteiger charge is 2.53. The van der Waals surface area contributed by atoms with E-state index in [9.17, 15) is 13.2 Å². The van der Waals surface area contributed by atoms with Crippen LogP contribution in [0, 0.1) is 0 Å². The number of nitrogens with one attached hydrogen (secondary N) is 1. The third-order valence-electron chi connectivity index (χ3n) is 5.70. The lowest BCUT2D eigenvalue weighted by molar-refractivity contribution is -0.138. The Labute approximate surface area is 140 Å². The molecule has 0 bridgehead atoms. The summed E-state index contributed by atoms with van der Waals surface area (Å²) >= 11 is 0. The van der Waals surface area contributed by atoms with Crippen molar-refractivity contribution in [2.24, 2.45) is 0 Å². The van der Waals surface area contributed by atoms with Gasteiger partial charge in [0.15, 0.2) is 0 Å². The molecular weight excluding hydrogens is 317 g/mol. The van der Waals surface area contributed by atoms with Gasteiger partial charge in [-0.1, -0.05) is 18.6 Å². The van der Waals surface area contributed by atoms with Crippen molar-refractivity contribution in [2.45, 2.75) is 56.2 Å². The number of piperidine rings is 2. The molecule has 1 N–H and O–H groups in total. The molecule has 0 aromatic heterocycles. The molecule has 1 aromatic carbocycles. The topological polar surface area (TPSA) is 24.5 Å². The van der Waals surface area contributed by atoms with Crippen molar-refractivity contribution in [3.05, 3.63) is 35.4 Å². The van der Waals surface area contributed by atoms with Crippen molar-refractivity contribution in [3.8, 4) is 0 Å². The minimum absolute atomic E-state index is 0.195. The van der Waals surface area contributed by atoms with Crippen LogP contribution in [0.25, 0.3) is 0 Å². The minimum Gasteiger partial charge on any atom is -0.351 e. The molecule has 1 spiro atoms. The van der Waals surface area contributed by atoms with Crippen LogP contribution in [0.1, 0.15) is 49.3 Å². The van der Waals surface area contributed by atoms with Gasteiger partial charge in [0, 0.05) is 25.4 Å². The Morgan fingerprint density at radius 3 is 2.71 bits per heavy atom. The largest absolute Gasteiger partial charge is 0.416 e. The number of rotatable bonds is 1. The monoisotopic (exact) mass is 340 g/mol. The van der Waals surface area contributed by atoms with Crippen LogP contribution in [0.3, 0.4) is 0 Å². The highest BCUT2D eigenvalue weighted by molar-refractivity contribution is 5.29. The Morgan fingerprint density at radius 2 is 1.96 bits per heavy atom. The normalized spacial score (nSPS) is 30.5. The van der Waals surface area contributed by atoms with E-state index in [1.807, 2.05) is 0 Å². The first-order valence-electron chi connectivity index (χ1n) is 8.82. The van der Waals surface area contributed by atoms with E-state index in [-0.39, 0.29) is 17.9 Å². The number of halogens is 3. The number of fused-ring (bicyclic) bond motifs is 2. The van der Waals surface area contributed by atoms with Crippen LogP contribution in [0.2, 0.25) is 0 Å². The Morgan fingerprint density at radius 1 is 1.17 bits per heavy atom. The van der Waals surface area contributed by atoms with E-state index in [0.717, 1.165) is 57.8 Å². The average molecular weight is 340 g/mol. The van der Waals surface area contributed by atoms with Crippen LogP contribution in [-0.4, -0.2) is 36.3 Å². The maximum atomic E-state index is 13.1. The molecule has 2 unspecified atom stereocenters. The van der Waals surface area contributed by atoms with Crippen LogP contribution in [0.5, 0.6) is 0 Å². The highest BCUT2D eigenvalue weighted by Crippen LogP contribution is 2.49. The maximum Gasteiger partial charge on any atom is 0.416 e. The van der Waals surface area contributed by atoms with E-state index in [0.29, 0.717) is 5.56 Å². The van der Waals surface area contributed by atoms with Crippen LogP contribution in [0.4, 0.5) is 13.2 Å². The predicted octanol–water partition coefficient (Wildman–Crippen LogP) is 3.71. The maximum absolute atomic E-state index is 13.1. The molecule has 0 amide bonds. The fraction of sp³-hybridized carbons (Fsp3) is 0.667. The number of hydrogen-bond acceptors (Lipinski definition) is 3. The van der Waals surface area contributed by atoms with Crippen LogP contribution < -0.4 is 5.32 Å². The van der Waals surface area contributed by atoms with E-state index in [1.54, 1.807) is 6.07 Å². The molecular formula is C18H23F3N2O. The summed E-state index contributed by atoms with van der Waals surface area (Å²) in [4.78, 5) is 2.45. The van der Waals surface area contributed by atoms with Gasteiger partial charge in [0.1, 0.15) is 11.8 Å². The van der Waals surface area contributed by atoms with Crippen molar-refractivity contribution in [1.29, 1.82) is 0 Å². The van der Waals surface area contributed by atoms with Gasteiger partial charge in [-0.2, -0.15) is 13.2 Å². The summed E-state index contributed by atoms with van der Waals surface area (Å²) in [7, 11) is 0. The van der Waals surface area contributed by atoms with Gasteiger partial charge in [-0.3, -0.25) is 4.90 Å². The number of benzene rings is 1. The molecule has 3 saturated heterocycles. The average Bonchev–Trinajstić information content (AvgIpc) is 2.90. The lowest BCUT2D eigenvalue weighted by atomic mass is 9.91. The molecule has 3 fully saturated rings. The van der Waals surface area contributed by atoms with Crippen molar-refractivity contribution in [2.75, 3.05) is 19.6 Å². The first-order valence-corrected chi connectivity index (χ1v) is 8.82. The Hall–Kier alpha value is -1.11. The van der Waals surface area contributed by atoms with E-state index >= 15 is 0 Å². The zero-order valence-corrected chi connectivity index (χ0v) is 13.6. The molecule has 6 heteroatoms. The SMILES string of the molecule is FC(F)(F)c1cccc(C2OC3(CCNCC3)N3CCCCC23)c1. The summed E-state index contributed by atoms with van der Waals surface area (Å²) in [5, 5.41) is 3.36. The van der Waals surface area contributed by atoms with Crippen molar-refractivity contribution in [3.63, 3.8) is 0 Å². The summed E-state index contributed by atoms with van der Waals surface area (Å²) in [6, 6.07) is 5.89. The molecule has 0 saturated carbocycles. The van der Waals surface area contributed by atoms with Crippen LogP contribution in [0.15, 0.2) is 24.3 Å². The molecule has 3 aliphatic heterocycles. The number of alkyl halides is 3. The standard InChI is InChI=1S/C18H23F3N2O/c19-18(20,21)14-5-3-4-13(12-14)16-15-6-1-2-11-23(15)17(24-16)7-9-22-10-8-17/h3-5,12,15-16,22H,1-2,6-11H2. The van der Waals surface area contributed by atoms with E-state index in [4.69, 9.17) is 4.74 Å². The van der Waals surface area contributed by atoms with Gasteiger partial charge in [-0.25, -0.2) is 0 Å². The van der Waals surface area contributed by atoms with Crippen LogP contribution >= 0.6 is 0 Å². The van der Waals surface area contributed by atoms with Gasteiger partial charge in [-0.15, -0.1) is 0 Å². The van der Waals surface area contributed by atoms with E-state index < -0.39 is 11.7 Å². The molecule has 3 heterocycles. The molecule has 1 aromatic rings. The highest BCUT2D eigenvalue weighted by atomic mass is 19.4. The van der Waals surface area contributed by atoms with Gasteiger partial charge in [0.2, 0.25) is 0 Å². The summed E-state index contributed by atoms with van der Waals surface area (Å²) in [5.41, 5.74) is -0.218. The second-order valence-electron chi connectivity index (χ2n) is 7.11. The van der Waals surface area contributed by atoms with Crippen LogP contribution in [-0.2, 0) is 10.9 Å². The molecule has 4 rings (SSSR count). The quantitative estimate of drug-likeness (QED) is 0.843. The molecule has 24 heavy (non-hydrogen) atoms. The van der Waals surface area contributed by atoms with Crippen molar-refractivity contribution < 1.29 is 17.9 Å². The summed E-state index contributed by atoms with van der Waals surface area (Å²) < 4.78 is 45.7. The fourth-order valence-corrected chi connectivity index (χ4v) is 4.57. The third-order valence-corrected chi connectivity index (χ3v) is 5.70. The van der Waals surface area contributed by atoms with E-state index in [2.05, 4.69) is 10.2 Å². The number of nitrogens with zero attached hydrogens (tertiary/aromatic N) is 1. The predicted molar refractivity (Wildman–Crippen MR) is 84.4 cm³/mol. The Balaban J connectivity index is 1.67. The number of hydrogen-bond donors (Lipinski definition) is 1.